The summed E-state index contributed by atoms with van der Waals surface area (Å²) in [4.78, 5) is 17.6. The van der Waals surface area contributed by atoms with E-state index in [9.17, 15) is 4.79 Å². The van der Waals surface area contributed by atoms with Crippen LogP contribution in [0.25, 0.3) is 0 Å². The number of aryl methyl sites for hydroxylation is 1. The van der Waals surface area contributed by atoms with Gasteiger partial charge in [0.15, 0.2) is 6.54 Å². The lowest BCUT2D eigenvalue weighted by Crippen LogP contribution is -3.28. The molecule has 2 saturated heterocycles. The Balaban J connectivity index is 1.48. The second-order valence-corrected chi connectivity index (χ2v) is 8.22. The SMILES string of the molecule is COc1ccc(C)cc1C[NH+]1CC[NH+](CC(=O)N2C[C@@H](C)O[C@@H](C)C2)CC1. The van der Waals surface area contributed by atoms with Gasteiger partial charge in [0.05, 0.1) is 19.3 Å². The molecule has 6 heteroatoms. The Kier molecular flexibility index (Phi) is 6.73. The predicted molar refractivity (Wildman–Crippen MR) is 104 cm³/mol. The van der Waals surface area contributed by atoms with Crippen molar-refractivity contribution in [2.45, 2.75) is 39.5 Å². The van der Waals surface area contributed by atoms with Crippen molar-refractivity contribution >= 4 is 5.91 Å². The van der Waals surface area contributed by atoms with Gasteiger partial charge in [0.25, 0.3) is 5.91 Å². The molecule has 2 fully saturated rings. The molecule has 0 saturated carbocycles. The van der Waals surface area contributed by atoms with Crippen molar-refractivity contribution in [1.29, 1.82) is 0 Å². The van der Waals surface area contributed by atoms with Crippen LogP contribution in [0.5, 0.6) is 5.75 Å². The van der Waals surface area contributed by atoms with E-state index in [1.54, 1.807) is 12.0 Å². The summed E-state index contributed by atoms with van der Waals surface area (Å²) in [6.07, 6.45) is 0.275. The lowest BCUT2D eigenvalue weighted by Gasteiger charge is -2.36. The van der Waals surface area contributed by atoms with Crippen molar-refractivity contribution in [3.05, 3.63) is 29.3 Å². The summed E-state index contributed by atoms with van der Waals surface area (Å²) in [5.41, 5.74) is 2.55. The van der Waals surface area contributed by atoms with E-state index >= 15 is 0 Å². The number of ether oxygens (including phenoxy) is 2. The number of carbonyl (C=O) groups is 1. The molecule has 0 aliphatic carbocycles. The first-order chi connectivity index (χ1) is 12.9. The monoisotopic (exact) mass is 377 g/mol. The van der Waals surface area contributed by atoms with Gasteiger partial charge in [-0.15, -0.1) is 0 Å². The predicted octanol–water partition coefficient (Wildman–Crippen LogP) is -1.08. The first kappa shape index (κ1) is 20.1. The van der Waals surface area contributed by atoms with Crippen molar-refractivity contribution in [3.8, 4) is 5.75 Å². The molecule has 3 rings (SSSR count). The third kappa shape index (κ3) is 5.43. The lowest BCUT2D eigenvalue weighted by molar-refractivity contribution is -1.02. The minimum atomic E-state index is 0.137. The summed E-state index contributed by atoms with van der Waals surface area (Å²) in [6, 6.07) is 6.39. The molecule has 0 bridgehead atoms. The van der Waals surface area contributed by atoms with Crippen LogP contribution in [-0.2, 0) is 16.1 Å². The van der Waals surface area contributed by atoms with Crippen LogP contribution in [0, 0.1) is 6.92 Å². The first-order valence-corrected chi connectivity index (χ1v) is 10.2. The van der Waals surface area contributed by atoms with E-state index in [4.69, 9.17) is 9.47 Å². The van der Waals surface area contributed by atoms with Crippen molar-refractivity contribution in [1.82, 2.24) is 4.90 Å². The molecule has 2 heterocycles. The third-order valence-corrected chi connectivity index (χ3v) is 5.71. The molecule has 1 aromatic rings. The Hall–Kier alpha value is -1.63. The van der Waals surface area contributed by atoms with Crippen LogP contribution in [0.2, 0.25) is 0 Å². The number of hydrogen-bond acceptors (Lipinski definition) is 3. The van der Waals surface area contributed by atoms with E-state index < -0.39 is 0 Å². The summed E-state index contributed by atoms with van der Waals surface area (Å²) in [7, 11) is 1.74. The van der Waals surface area contributed by atoms with E-state index in [1.165, 1.54) is 16.0 Å². The molecule has 0 spiro atoms. The largest absolute Gasteiger partial charge is 0.496 e. The fraction of sp³-hybridized carbons (Fsp3) is 0.667. The number of rotatable bonds is 5. The number of nitrogens with one attached hydrogen (secondary N) is 2. The second-order valence-electron chi connectivity index (χ2n) is 8.22. The minimum absolute atomic E-state index is 0.137. The minimum Gasteiger partial charge on any atom is -0.496 e. The Morgan fingerprint density at radius 2 is 1.78 bits per heavy atom. The molecule has 6 nitrogen and oxygen atoms in total. The van der Waals surface area contributed by atoms with Gasteiger partial charge in [0.1, 0.15) is 38.5 Å². The van der Waals surface area contributed by atoms with Crippen molar-refractivity contribution in [3.63, 3.8) is 0 Å². The number of methoxy groups -OCH3 is 1. The molecular weight excluding hydrogens is 342 g/mol. The third-order valence-electron chi connectivity index (χ3n) is 5.71. The van der Waals surface area contributed by atoms with Crippen LogP contribution in [-0.4, -0.2) is 75.9 Å². The van der Waals surface area contributed by atoms with Crippen LogP contribution < -0.4 is 14.5 Å². The molecule has 150 valence electrons. The maximum absolute atomic E-state index is 12.7. The number of benzene rings is 1. The number of hydrogen-bond donors (Lipinski definition) is 2. The number of morpholine rings is 1. The summed E-state index contributed by atoms with van der Waals surface area (Å²) in [5, 5.41) is 0. The molecule has 0 unspecified atom stereocenters. The topological polar surface area (TPSA) is 47.7 Å². The van der Waals surface area contributed by atoms with Crippen LogP contribution in [0.15, 0.2) is 18.2 Å². The van der Waals surface area contributed by atoms with Gasteiger partial charge in [-0.1, -0.05) is 11.6 Å². The van der Waals surface area contributed by atoms with E-state index in [0.29, 0.717) is 6.54 Å². The highest BCUT2D eigenvalue weighted by atomic mass is 16.5. The fourth-order valence-corrected chi connectivity index (χ4v) is 4.33. The van der Waals surface area contributed by atoms with Gasteiger partial charge in [-0.3, -0.25) is 4.79 Å². The Morgan fingerprint density at radius 3 is 2.41 bits per heavy atom. The number of piperazine rings is 1. The molecule has 2 N–H and O–H groups in total. The molecule has 2 aliphatic rings. The highest BCUT2D eigenvalue weighted by Gasteiger charge is 2.30. The van der Waals surface area contributed by atoms with E-state index in [1.807, 2.05) is 18.7 Å². The maximum Gasteiger partial charge on any atom is 0.277 e. The van der Waals surface area contributed by atoms with Crippen molar-refractivity contribution in [2.24, 2.45) is 0 Å². The number of nitrogens with zero attached hydrogens (tertiary/aromatic N) is 1. The summed E-state index contributed by atoms with van der Waals surface area (Å²) in [5.74, 6) is 1.25. The van der Waals surface area contributed by atoms with Crippen LogP contribution >= 0.6 is 0 Å². The molecule has 1 amide bonds. The van der Waals surface area contributed by atoms with Gasteiger partial charge in [0, 0.05) is 18.7 Å². The normalized spacial score (nSPS) is 28.8. The van der Waals surface area contributed by atoms with Gasteiger partial charge >= 0.3 is 0 Å². The summed E-state index contributed by atoms with van der Waals surface area (Å²) >= 11 is 0. The van der Waals surface area contributed by atoms with Crippen LogP contribution in [0.4, 0.5) is 0 Å². The van der Waals surface area contributed by atoms with Crippen LogP contribution in [0.3, 0.4) is 0 Å². The highest BCUT2D eigenvalue weighted by Crippen LogP contribution is 2.18. The van der Waals surface area contributed by atoms with Gasteiger partial charge in [-0.05, 0) is 32.9 Å². The Labute approximate surface area is 163 Å². The quantitative estimate of drug-likeness (QED) is 0.687. The molecule has 27 heavy (non-hydrogen) atoms. The molecule has 1 aromatic carbocycles. The van der Waals surface area contributed by atoms with Gasteiger partial charge < -0.3 is 24.2 Å². The van der Waals surface area contributed by atoms with Gasteiger partial charge in [-0.2, -0.15) is 0 Å². The summed E-state index contributed by atoms with van der Waals surface area (Å²) in [6.45, 7) is 13.5. The van der Waals surface area contributed by atoms with Gasteiger partial charge in [0.2, 0.25) is 0 Å². The van der Waals surface area contributed by atoms with E-state index in [2.05, 4.69) is 25.1 Å². The molecule has 0 radical (unpaired) electrons. The lowest BCUT2D eigenvalue weighted by atomic mass is 10.1. The second kappa shape index (κ2) is 9.04. The summed E-state index contributed by atoms with van der Waals surface area (Å²) < 4.78 is 11.3. The fourth-order valence-electron chi connectivity index (χ4n) is 4.33. The molecular formula is C21H35N3O3+2. The smallest absolute Gasteiger partial charge is 0.277 e. The van der Waals surface area contributed by atoms with Gasteiger partial charge in [-0.25, -0.2) is 0 Å². The van der Waals surface area contributed by atoms with E-state index in [0.717, 1.165) is 51.6 Å². The Bertz CT molecular complexity index is 634. The number of amides is 1. The standard InChI is InChI=1S/C21H33N3O3/c1-16-5-6-20(26-4)19(11-16)14-22-7-9-23(10-8-22)15-21(25)24-12-17(2)27-18(3)13-24/h5-6,11,17-18H,7-10,12-15H2,1-4H3/p+2/t17-,18+. The molecule has 0 aromatic heterocycles. The molecule has 2 atom stereocenters. The first-order valence-electron chi connectivity index (χ1n) is 10.2. The van der Waals surface area contributed by atoms with Crippen molar-refractivity contribution < 1.29 is 24.1 Å². The zero-order valence-corrected chi connectivity index (χ0v) is 17.2. The van der Waals surface area contributed by atoms with E-state index in [-0.39, 0.29) is 18.1 Å². The average molecular weight is 378 g/mol. The Morgan fingerprint density at radius 1 is 1.15 bits per heavy atom. The zero-order valence-electron chi connectivity index (χ0n) is 17.2. The maximum atomic E-state index is 12.7. The number of carbonyl (C=O) groups excluding carboxylic acids is 1. The van der Waals surface area contributed by atoms with Crippen molar-refractivity contribution in [2.75, 3.05) is 52.9 Å². The number of quaternary nitrogens is 2. The zero-order chi connectivity index (χ0) is 19.4. The highest BCUT2D eigenvalue weighted by molar-refractivity contribution is 5.77. The molecule has 2 aliphatic heterocycles. The van der Waals surface area contributed by atoms with Crippen LogP contribution in [0.1, 0.15) is 25.0 Å². The average Bonchev–Trinajstić information content (AvgIpc) is 2.63.